The van der Waals surface area contributed by atoms with Gasteiger partial charge in [0, 0.05) is 33.4 Å². The molecule has 5 nitrogen and oxygen atoms in total. The van der Waals surface area contributed by atoms with E-state index in [-0.39, 0.29) is 6.03 Å². The molecule has 0 atom stereocenters. The first-order valence-corrected chi connectivity index (χ1v) is 5.28. The second-order valence-corrected chi connectivity index (χ2v) is 3.85. The number of aromatic nitrogens is 1. The maximum absolute atomic E-state index is 11.2. The summed E-state index contributed by atoms with van der Waals surface area (Å²) < 4.78 is 0. The highest BCUT2D eigenvalue weighted by Gasteiger charge is 2.00. The van der Waals surface area contributed by atoms with Crippen molar-refractivity contribution in [2.24, 2.45) is 0 Å². The third-order valence-electron chi connectivity index (χ3n) is 1.84. The van der Waals surface area contributed by atoms with E-state index in [1.165, 1.54) is 4.90 Å². The van der Waals surface area contributed by atoms with E-state index in [2.05, 4.69) is 15.6 Å². The van der Waals surface area contributed by atoms with Crippen molar-refractivity contribution < 1.29 is 4.79 Å². The van der Waals surface area contributed by atoms with Crippen LogP contribution >= 0.6 is 11.6 Å². The molecule has 0 saturated heterocycles. The van der Waals surface area contributed by atoms with Crippen LogP contribution in [-0.2, 0) is 0 Å². The van der Waals surface area contributed by atoms with Gasteiger partial charge in [0.15, 0.2) is 0 Å². The molecule has 1 heterocycles. The van der Waals surface area contributed by atoms with Gasteiger partial charge in [0.25, 0.3) is 0 Å². The first-order chi connectivity index (χ1) is 7.59. The Bertz CT molecular complexity index is 339. The number of nitrogens with one attached hydrogen (secondary N) is 2. The molecule has 0 saturated carbocycles. The summed E-state index contributed by atoms with van der Waals surface area (Å²) in [4.78, 5) is 16.7. The highest BCUT2D eigenvalue weighted by molar-refractivity contribution is 6.30. The van der Waals surface area contributed by atoms with E-state index in [0.717, 1.165) is 5.82 Å². The van der Waals surface area contributed by atoms with E-state index in [4.69, 9.17) is 11.6 Å². The molecule has 88 valence electrons. The molecule has 2 amide bonds. The van der Waals surface area contributed by atoms with Crippen molar-refractivity contribution in [1.82, 2.24) is 15.2 Å². The SMILES string of the molecule is CN(C)C(=O)NCCNc1ccc(Cl)cn1. The van der Waals surface area contributed by atoms with Crippen molar-refractivity contribution in [2.45, 2.75) is 0 Å². The van der Waals surface area contributed by atoms with Crippen molar-refractivity contribution in [1.29, 1.82) is 0 Å². The number of carbonyl (C=O) groups excluding carboxylic acids is 1. The summed E-state index contributed by atoms with van der Waals surface area (Å²) in [6.45, 7) is 1.16. The van der Waals surface area contributed by atoms with E-state index >= 15 is 0 Å². The summed E-state index contributed by atoms with van der Waals surface area (Å²) in [6.07, 6.45) is 1.57. The number of hydrogen-bond acceptors (Lipinski definition) is 3. The molecular weight excluding hydrogens is 228 g/mol. The zero-order valence-corrected chi connectivity index (χ0v) is 10.1. The number of anilines is 1. The third kappa shape index (κ3) is 4.35. The lowest BCUT2D eigenvalue weighted by Crippen LogP contribution is -2.37. The molecule has 0 fully saturated rings. The molecule has 0 spiro atoms. The lowest BCUT2D eigenvalue weighted by molar-refractivity contribution is 0.218. The summed E-state index contributed by atoms with van der Waals surface area (Å²) in [6, 6.07) is 3.44. The van der Waals surface area contributed by atoms with E-state index < -0.39 is 0 Å². The van der Waals surface area contributed by atoms with Crippen molar-refractivity contribution in [3.8, 4) is 0 Å². The number of nitrogens with zero attached hydrogens (tertiary/aromatic N) is 2. The van der Waals surface area contributed by atoms with Gasteiger partial charge in [-0.2, -0.15) is 0 Å². The predicted molar refractivity (Wildman–Crippen MR) is 64.8 cm³/mol. The van der Waals surface area contributed by atoms with Crippen LogP contribution in [0.1, 0.15) is 0 Å². The van der Waals surface area contributed by atoms with Crippen LogP contribution in [0.15, 0.2) is 18.3 Å². The fourth-order valence-corrected chi connectivity index (χ4v) is 1.11. The maximum Gasteiger partial charge on any atom is 0.316 e. The van der Waals surface area contributed by atoms with E-state index in [9.17, 15) is 4.79 Å². The molecule has 6 heteroatoms. The Morgan fingerprint density at radius 1 is 1.44 bits per heavy atom. The Balaban J connectivity index is 2.21. The monoisotopic (exact) mass is 242 g/mol. The number of carbonyl (C=O) groups is 1. The molecule has 16 heavy (non-hydrogen) atoms. The summed E-state index contributed by atoms with van der Waals surface area (Å²) in [5.74, 6) is 0.739. The van der Waals surface area contributed by atoms with Crippen LogP contribution in [-0.4, -0.2) is 43.1 Å². The van der Waals surface area contributed by atoms with Gasteiger partial charge in [-0.1, -0.05) is 11.6 Å². The number of hydrogen-bond donors (Lipinski definition) is 2. The van der Waals surface area contributed by atoms with Crippen molar-refractivity contribution >= 4 is 23.4 Å². The zero-order valence-electron chi connectivity index (χ0n) is 9.33. The molecule has 1 aromatic heterocycles. The number of halogens is 1. The molecule has 0 aliphatic heterocycles. The number of rotatable bonds is 4. The second-order valence-electron chi connectivity index (χ2n) is 3.41. The third-order valence-corrected chi connectivity index (χ3v) is 2.06. The van der Waals surface area contributed by atoms with Gasteiger partial charge in [0.1, 0.15) is 5.82 Å². The Morgan fingerprint density at radius 2 is 2.19 bits per heavy atom. The molecule has 0 aliphatic rings. The van der Waals surface area contributed by atoms with Crippen LogP contribution in [0.5, 0.6) is 0 Å². The molecule has 1 rings (SSSR count). The van der Waals surface area contributed by atoms with E-state index in [0.29, 0.717) is 18.1 Å². The standard InChI is InChI=1S/C10H15ClN4O/c1-15(2)10(16)13-6-5-12-9-4-3-8(11)7-14-9/h3-4,7H,5-6H2,1-2H3,(H,12,14)(H,13,16). The first-order valence-electron chi connectivity index (χ1n) is 4.90. The van der Waals surface area contributed by atoms with E-state index in [1.54, 1.807) is 32.4 Å². The van der Waals surface area contributed by atoms with Crippen molar-refractivity contribution in [3.05, 3.63) is 23.4 Å². The molecule has 0 bridgehead atoms. The van der Waals surface area contributed by atoms with Crippen LogP contribution < -0.4 is 10.6 Å². The Morgan fingerprint density at radius 3 is 2.75 bits per heavy atom. The van der Waals surface area contributed by atoms with Gasteiger partial charge in [-0.3, -0.25) is 0 Å². The Kier molecular flexibility index (Phi) is 4.85. The predicted octanol–water partition coefficient (Wildman–Crippen LogP) is 1.42. The van der Waals surface area contributed by atoms with Gasteiger partial charge in [0.05, 0.1) is 5.02 Å². The lowest BCUT2D eigenvalue weighted by atomic mass is 10.4. The highest BCUT2D eigenvalue weighted by Crippen LogP contribution is 2.08. The molecule has 0 unspecified atom stereocenters. The fourth-order valence-electron chi connectivity index (χ4n) is 0.999. The summed E-state index contributed by atoms with van der Waals surface area (Å²) in [7, 11) is 3.40. The van der Waals surface area contributed by atoms with Crippen LogP contribution in [0.2, 0.25) is 5.02 Å². The normalized spacial score (nSPS) is 9.69. The van der Waals surface area contributed by atoms with E-state index in [1.807, 2.05) is 0 Å². The van der Waals surface area contributed by atoms with Gasteiger partial charge in [-0.25, -0.2) is 9.78 Å². The first kappa shape index (κ1) is 12.6. The fraction of sp³-hybridized carbons (Fsp3) is 0.400. The Hall–Kier alpha value is -1.49. The van der Waals surface area contributed by atoms with Gasteiger partial charge >= 0.3 is 6.03 Å². The summed E-state index contributed by atoms with van der Waals surface area (Å²) in [5.41, 5.74) is 0. The maximum atomic E-state index is 11.2. The highest BCUT2D eigenvalue weighted by atomic mass is 35.5. The van der Waals surface area contributed by atoms with Crippen molar-refractivity contribution in [2.75, 3.05) is 32.5 Å². The quantitative estimate of drug-likeness (QED) is 0.786. The summed E-state index contributed by atoms with van der Waals surface area (Å²) in [5, 5.41) is 6.40. The minimum absolute atomic E-state index is 0.106. The number of amides is 2. The topological polar surface area (TPSA) is 57.3 Å². The zero-order chi connectivity index (χ0) is 12.0. The van der Waals surface area contributed by atoms with Gasteiger partial charge < -0.3 is 15.5 Å². The van der Waals surface area contributed by atoms with Gasteiger partial charge in [0.2, 0.25) is 0 Å². The number of urea groups is 1. The van der Waals surface area contributed by atoms with Gasteiger partial charge in [-0.05, 0) is 12.1 Å². The molecule has 0 radical (unpaired) electrons. The Labute approximate surface area is 99.8 Å². The van der Waals surface area contributed by atoms with Crippen molar-refractivity contribution in [3.63, 3.8) is 0 Å². The lowest BCUT2D eigenvalue weighted by Gasteiger charge is -2.12. The molecule has 0 aliphatic carbocycles. The second kappa shape index (κ2) is 6.17. The smallest absolute Gasteiger partial charge is 0.316 e. The molecule has 1 aromatic rings. The summed E-state index contributed by atoms with van der Waals surface area (Å²) >= 11 is 5.70. The number of pyridine rings is 1. The minimum atomic E-state index is -0.106. The molecule has 0 aromatic carbocycles. The van der Waals surface area contributed by atoms with Crippen LogP contribution in [0, 0.1) is 0 Å². The molecular formula is C10H15ClN4O. The average molecular weight is 243 g/mol. The minimum Gasteiger partial charge on any atom is -0.368 e. The van der Waals surface area contributed by atoms with Crippen LogP contribution in [0.3, 0.4) is 0 Å². The molecule has 2 N–H and O–H groups in total. The largest absolute Gasteiger partial charge is 0.368 e. The van der Waals surface area contributed by atoms with Crippen LogP contribution in [0.25, 0.3) is 0 Å². The average Bonchev–Trinajstić information content (AvgIpc) is 2.26. The van der Waals surface area contributed by atoms with Gasteiger partial charge in [-0.15, -0.1) is 0 Å². The van der Waals surface area contributed by atoms with Crippen LogP contribution in [0.4, 0.5) is 10.6 Å².